The van der Waals surface area contributed by atoms with Gasteiger partial charge in [0.05, 0.1) is 25.2 Å². The van der Waals surface area contributed by atoms with Crippen LogP contribution in [0, 0.1) is 0 Å². The Morgan fingerprint density at radius 2 is 0.821 bits per heavy atom. The van der Waals surface area contributed by atoms with Crippen molar-refractivity contribution < 1.29 is 24.5 Å². The topological polar surface area (TPSA) is 95.9 Å². The minimum atomic E-state index is -0.801. The quantitative estimate of drug-likeness (QED) is 0.0244. The maximum Gasteiger partial charge on any atom is 0.306 e. The van der Waals surface area contributed by atoms with Crippen LogP contribution in [0.1, 0.15) is 290 Å². The van der Waals surface area contributed by atoms with Gasteiger partial charge in [-0.1, -0.05) is 255 Å². The molecule has 67 heavy (non-hydrogen) atoms. The van der Waals surface area contributed by atoms with E-state index in [2.05, 4.69) is 86.8 Å². The number of aliphatic hydroxyl groups is 2. The van der Waals surface area contributed by atoms with Crippen molar-refractivity contribution in [3.05, 3.63) is 60.8 Å². The molecule has 0 saturated carbocycles. The number of rotatable bonds is 52. The maximum atomic E-state index is 13.3. The van der Waals surface area contributed by atoms with Gasteiger partial charge in [0.25, 0.3) is 0 Å². The van der Waals surface area contributed by atoms with Gasteiger partial charge in [-0.3, -0.25) is 9.59 Å². The Labute approximate surface area is 416 Å². The van der Waals surface area contributed by atoms with Crippen molar-refractivity contribution >= 4 is 11.9 Å². The minimum Gasteiger partial charge on any atom is -0.462 e. The molecular formula is C61H111NO5. The van der Waals surface area contributed by atoms with E-state index in [9.17, 15) is 19.8 Å². The number of carbonyl (C=O) groups excluding carboxylic acids is 2. The normalized spacial score (nSPS) is 13.6. The summed E-state index contributed by atoms with van der Waals surface area (Å²) < 4.78 is 5.95. The van der Waals surface area contributed by atoms with E-state index in [1.807, 2.05) is 0 Å². The molecule has 0 fully saturated rings. The Bertz CT molecular complexity index is 1190. The molecule has 3 N–H and O–H groups in total. The maximum absolute atomic E-state index is 13.3. The standard InChI is InChI=1S/C61H111NO5/c1-4-7-10-13-16-19-22-25-28-30-33-36-39-42-45-48-51-54-61(66)67-57(52-49-46-43-40-37-34-32-29-26-23-20-17-14-11-8-5-2)55-60(65)62-58(56-63)59(64)53-50-47-44-41-38-35-31-27-24-21-18-15-12-9-6-3/h16,19,23,25-26,28-29,32,34,37,57-59,63-64H,4-15,17-18,20-22,24,27,30-31,33,35-36,38-56H2,1-3H3,(H,62,65)/b19-16-,26-23+,28-25-,32-29+,37-34+. The molecule has 0 aromatic carbocycles. The summed E-state index contributed by atoms with van der Waals surface area (Å²) in [6.07, 6.45) is 68.5. The zero-order valence-electron chi connectivity index (χ0n) is 44.5. The van der Waals surface area contributed by atoms with Gasteiger partial charge < -0.3 is 20.3 Å². The summed E-state index contributed by atoms with van der Waals surface area (Å²) in [5, 5.41) is 23.9. The van der Waals surface area contributed by atoms with Gasteiger partial charge in [0, 0.05) is 6.42 Å². The first kappa shape index (κ1) is 64.6. The highest BCUT2D eigenvalue weighted by Crippen LogP contribution is 2.18. The third-order valence-electron chi connectivity index (χ3n) is 13.1. The van der Waals surface area contributed by atoms with Crippen LogP contribution in [0.5, 0.6) is 0 Å². The molecular weight excluding hydrogens is 827 g/mol. The van der Waals surface area contributed by atoms with Crippen LogP contribution < -0.4 is 5.32 Å². The molecule has 0 aromatic heterocycles. The van der Waals surface area contributed by atoms with E-state index in [-0.39, 0.29) is 24.9 Å². The van der Waals surface area contributed by atoms with E-state index in [0.29, 0.717) is 19.3 Å². The predicted octanol–water partition coefficient (Wildman–Crippen LogP) is 18.0. The molecule has 0 aliphatic rings. The van der Waals surface area contributed by atoms with Crippen LogP contribution in [-0.4, -0.2) is 46.9 Å². The van der Waals surface area contributed by atoms with Gasteiger partial charge in [-0.25, -0.2) is 0 Å². The highest BCUT2D eigenvalue weighted by molar-refractivity contribution is 5.77. The largest absolute Gasteiger partial charge is 0.462 e. The van der Waals surface area contributed by atoms with Gasteiger partial charge in [0.2, 0.25) is 5.91 Å². The van der Waals surface area contributed by atoms with Crippen LogP contribution in [0.15, 0.2) is 60.8 Å². The first-order valence-electron chi connectivity index (χ1n) is 29.0. The van der Waals surface area contributed by atoms with Crippen molar-refractivity contribution in [2.45, 2.75) is 309 Å². The van der Waals surface area contributed by atoms with Crippen molar-refractivity contribution in [3.63, 3.8) is 0 Å². The molecule has 390 valence electrons. The molecule has 0 aliphatic heterocycles. The van der Waals surface area contributed by atoms with Crippen molar-refractivity contribution in [1.29, 1.82) is 0 Å². The van der Waals surface area contributed by atoms with Crippen LogP contribution in [0.25, 0.3) is 0 Å². The van der Waals surface area contributed by atoms with Crippen molar-refractivity contribution in [3.8, 4) is 0 Å². The van der Waals surface area contributed by atoms with Crippen LogP contribution in [0.2, 0.25) is 0 Å². The van der Waals surface area contributed by atoms with E-state index >= 15 is 0 Å². The highest BCUT2D eigenvalue weighted by Gasteiger charge is 2.24. The molecule has 0 aliphatic carbocycles. The van der Waals surface area contributed by atoms with E-state index in [1.54, 1.807) is 0 Å². The Kier molecular flexibility index (Phi) is 52.5. The summed E-state index contributed by atoms with van der Waals surface area (Å²) in [5.41, 5.74) is 0. The fourth-order valence-corrected chi connectivity index (χ4v) is 8.70. The summed E-state index contributed by atoms with van der Waals surface area (Å²) in [6, 6.07) is -0.717. The molecule has 6 nitrogen and oxygen atoms in total. The van der Waals surface area contributed by atoms with Crippen molar-refractivity contribution in [2.24, 2.45) is 0 Å². The molecule has 0 heterocycles. The number of aliphatic hydroxyl groups excluding tert-OH is 2. The first-order valence-corrected chi connectivity index (χ1v) is 29.0. The first-order chi connectivity index (χ1) is 33.0. The second-order valence-electron chi connectivity index (χ2n) is 19.7. The number of allylic oxidation sites excluding steroid dienone is 10. The van der Waals surface area contributed by atoms with E-state index < -0.39 is 18.2 Å². The highest BCUT2D eigenvalue weighted by atomic mass is 16.5. The molecule has 1 amide bonds. The Morgan fingerprint density at radius 3 is 1.30 bits per heavy atom. The molecule has 0 radical (unpaired) electrons. The zero-order chi connectivity index (χ0) is 48.8. The van der Waals surface area contributed by atoms with Gasteiger partial charge in [0.1, 0.15) is 6.10 Å². The molecule has 0 spiro atoms. The third kappa shape index (κ3) is 49.8. The average Bonchev–Trinajstić information content (AvgIpc) is 3.32. The number of nitrogens with one attached hydrogen (secondary N) is 1. The van der Waals surface area contributed by atoms with Gasteiger partial charge in [-0.2, -0.15) is 0 Å². The molecule has 0 saturated heterocycles. The van der Waals surface area contributed by atoms with Crippen LogP contribution in [0.3, 0.4) is 0 Å². The summed E-state index contributed by atoms with van der Waals surface area (Å²) in [6.45, 7) is 6.46. The summed E-state index contributed by atoms with van der Waals surface area (Å²) in [5.74, 6) is -0.509. The number of amides is 1. The summed E-state index contributed by atoms with van der Waals surface area (Å²) >= 11 is 0. The molecule has 6 heteroatoms. The third-order valence-corrected chi connectivity index (χ3v) is 13.1. The van der Waals surface area contributed by atoms with Gasteiger partial charge in [-0.05, 0) is 83.5 Å². The van der Waals surface area contributed by atoms with E-state index in [4.69, 9.17) is 4.74 Å². The lowest BCUT2D eigenvalue weighted by molar-refractivity contribution is -0.151. The minimum absolute atomic E-state index is 0.0514. The molecule has 0 rings (SSSR count). The average molecular weight is 939 g/mol. The lowest BCUT2D eigenvalue weighted by Crippen LogP contribution is -2.46. The van der Waals surface area contributed by atoms with Gasteiger partial charge >= 0.3 is 5.97 Å². The van der Waals surface area contributed by atoms with Gasteiger partial charge in [-0.15, -0.1) is 0 Å². The van der Waals surface area contributed by atoms with Crippen LogP contribution in [-0.2, 0) is 14.3 Å². The Morgan fingerprint density at radius 1 is 0.448 bits per heavy atom. The monoisotopic (exact) mass is 938 g/mol. The fourth-order valence-electron chi connectivity index (χ4n) is 8.70. The molecule has 0 bridgehead atoms. The number of carbonyl (C=O) groups is 2. The molecule has 3 unspecified atom stereocenters. The fraction of sp³-hybridized carbons (Fsp3) is 0.803. The second-order valence-corrected chi connectivity index (χ2v) is 19.7. The van der Waals surface area contributed by atoms with Crippen LogP contribution >= 0.6 is 0 Å². The van der Waals surface area contributed by atoms with Gasteiger partial charge in [0.15, 0.2) is 0 Å². The Balaban J connectivity index is 4.63. The SMILES string of the molecule is CCCCC/C=C\C/C=C\CCCCCCCCCC(=O)OC(CCCCC/C=C/C=C/C=C/CCCCCCC)CC(=O)NC(CO)C(O)CCCCCCCCCCCCCCCCC. The number of hydrogen-bond donors (Lipinski definition) is 3. The number of hydrogen-bond acceptors (Lipinski definition) is 5. The Hall–Kier alpha value is -2.44. The zero-order valence-corrected chi connectivity index (χ0v) is 44.5. The number of unbranched alkanes of at least 4 members (excludes halogenated alkanes) is 32. The predicted molar refractivity (Wildman–Crippen MR) is 292 cm³/mol. The number of ether oxygens (including phenoxy) is 1. The second kappa shape index (κ2) is 54.5. The molecule has 3 atom stereocenters. The number of esters is 1. The smallest absolute Gasteiger partial charge is 0.306 e. The van der Waals surface area contributed by atoms with E-state index in [0.717, 1.165) is 83.5 Å². The summed E-state index contributed by atoms with van der Waals surface area (Å²) in [4.78, 5) is 26.3. The van der Waals surface area contributed by atoms with Crippen molar-refractivity contribution in [2.75, 3.05) is 6.61 Å². The summed E-state index contributed by atoms with van der Waals surface area (Å²) in [7, 11) is 0. The lowest BCUT2D eigenvalue weighted by Gasteiger charge is -2.24. The van der Waals surface area contributed by atoms with Crippen LogP contribution in [0.4, 0.5) is 0 Å². The molecule has 0 aromatic rings. The van der Waals surface area contributed by atoms with E-state index in [1.165, 1.54) is 161 Å². The van der Waals surface area contributed by atoms with Crippen molar-refractivity contribution in [1.82, 2.24) is 5.32 Å². The lowest BCUT2D eigenvalue weighted by atomic mass is 10.0.